The van der Waals surface area contributed by atoms with Gasteiger partial charge in [0.1, 0.15) is 12.4 Å². The second-order valence-corrected chi connectivity index (χ2v) is 4.68. The molecule has 2 rings (SSSR count). The lowest BCUT2D eigenvalue weighted by atomic mass is 10.3. The Labute approximate surface area is 115 Å². The number of nitrogens with zero attached hydrogens (tertiary/aromatic N) is 1. The third kappa shape index (κ3) is 3.06. The normalized spacial score (nSPS) is 10.4. The molecule has 3 nitrogen and oxygen atoms in total. The molecule has 94 valence electrons. The molecule has 0 amide bonds. The summed E-state index contributed by atoms with van der Waals surface area (Å²) in [6.45, 7) is 2.26. The van der Waals surface area contributed by atoms with E-state index in [1.54, 1.807) is 12.1 Å². The molecule has 0 radical (unpaired) electrons. The van der Waals surface area contributed by atoms with Crippen molar-refractivity contribution in [1.29, 1.82) is 0 Å². The van der Waals surface area contributed by atoms with Crippen LogP contribution in [0.15, 0.2) is 30.3 Å². The molecule has 0 fully saturated rings. The zero-order chi connectivity index (χ0) is 13.1. The first-order chi connectivity index (χ1) is 8.56. The number of nitrogen functional groups attached to an aromatic ring is 1. The highest BCUT2D eigenvalue weighted by Crippen LogP contribution is 2.32. The molecule has 0 atom stereocenters. The molecule has 2 N–H and O–H groups in total. The number of benzene rings is 1. The first kappa shape index (κ1) is 13.0. The Morgan fingerprint density at radius 1 is 1.22 bits per heavy atom. The molecule has 2 aromatic rings. The number of halogens is 2. The molecule has 0 spiro atoms. The van der Waals surface area contributed by atoms with Crippen molar-refractivity contribution < 1.29 is 4.74 Å². The van der Waals surface area contributed by atoms with E-state index in [9.17, 15) is 0 Å². The molecule has 0 saturated carbocycles. The van der Waals surface area contributed by atoms with E-state index < -0.39 is 0 Å². The van der Waals surface area contributed by atoms with Crippen LogP contribution in [0.5, 0.6) is 5.75 Å². The smallest absolute Gasteiger partial charge is 0.144 e. The average Bonchev–Trinajstić information content (AvgIpc) is 2.32. The van der Waals surface area contributed by atoms with Crippen LogP contribution in [0.3, 0.4) is 0 Å². The molecule has 0 saturated heterocycles. The highest BCUT2D eigenvalue weighted by molar-refractivity contribution is 6.42. The third-order valence-electron chi connectivity index (χ3n) is 2.37. The minimum Gasteiger partial charge on any atom is -0.485 e. The van der Waals surface area contributed by atoms with Gasteiger partial charge in [-0.1, -0.05) is 29.3 Å². The number of pyridine rings is 1. The number of aryl methyl sites for hydroxylation is 1. The Kier molecular flexibility index (Phi) is 3.94. The average molecular weight is 283 g/mol. The molecule has 1 heterocycles. The van der Waals surface area contributed by atoms with Crippen molar-refractivity contribution in [3.8, 4) is 5.75 Å². The SMILES string of the molecule is Cc1cccc(COc2cc(Cl)c(Cl)cc2N)n1. The number of nitrogens with two attached hydrogens (primary N) is 1. The van der Waals surface area contributed by atoms with E-state index in [-0.39, 0.29) is 0 Å². The number of hydrogen-bond acceptors (Lipinski definition) is 3. The molecule has 0 bridgehead atoms. The summed E-state index contributed by atoms with van der Waals surface area (Å²) in [7, 11) is 0. The van der Waals surface area contributed by atoms with E-state index in [0.29, 0.717) is 28.1 Å². The van der Waals surface area contributed by atoms with E-state index in [1.165, 1.54) is 0 Å². The number of ether oxygens (including phenoxy) is 1. The van der Waals surface area contributed by atoms with Crippen LogP contribution in [0.25, 0.3) is 0 Å². The van der Waals surface area contributed by atoms with Crippen molar-refractivity contribution in [2.75, 3.05) is 5.73 Å². The van der Waals surface area contributed by atoms with Gasteiger partial charge in [-0.3, -0.25) is 4.98 Å². The Morgan fingerprint density at radius 2 is 1.94 bits per heavy atom. The van der Waals surface area contributed by atoms with E-state index in [2.05, 4.69) is 4.98 Å². The van der Waals surface area contributed by atoms with E-state index >= 15 is 0 Å². The molecular weight excluding hydrogens is 271 g/mol. The van der Waals surface area contributed by atoms with Gasteiger partial charge < -0.3 is 10.5 Å². The lowest BCUT2D eigenvalue weighted by Gasteiger charge is -2.10. The van der Waals surface area contributed by atoms with E-state index in [4.69, 9.17) is 33.7 Å². The van der Waals surface area contributed by atoms with E-state index in [0.717, 1.165) is 11.4 Å². The molecule has 1 aromatic carbocycles. The summed E-state index contributed by atoms with van der Waals surface area (Å²) in [5, 5.41) is 0.827. The first-order valence-electron chi connectivity index (χ1n) is 5.36. The van der Waals surface area contributed by atoms with Gasteiger partial charge in [-0.15, -0.1) is 0 Å². The fraction of sp³-hybridized carbons (Fsp3) is 0.154. The zero-order valence-corrected chi connectivity index (χ0v) is 11.3. The fourth-order valence-electron chi connectivity index (χ4n) is 1.50. The second kappa shape index (κ2) is 5.46. The molecule has 0 aliphatic rings. The minimum atomic E-state index is 0.337. The topological polar surface area (TPSA) is 48.1 Å². The largest absolute Gasteiger partial charge is 0.485 e. The molecule has 0 aliphatic carbocycles. The molecule has 5 heteroatoms. The van der Waals surface area contributed by atoms with Gasteiger partial charge >= 0.3 is 0 Å². The highest BCUT2D eigenvalue weighted by atomic mass is 35.5. The predicted molar refractivity (Wildman–Crippen MR) is 74.2 cm³/mol. The first-order valence-corrected chi connectivity index (χ1v) is 6.11. The standard InChI is InChI=1S/C13H12Cl2N2O/c1-8-3-2-4-9(17-8)7-18-13-6-11(15)10(14)5-12(13)16/h2-6H,7,16H2,1H3. The Bertz CT molecular complexity index is 573. The van der Waals surface area contributed by atoms with Gasteiger partial charge in [0, 0.05) is 11.8 Å². The van der Waals surface area contributed by atoms with Gasteiger partial charge in [0.25, 0.3) is 0 Å². The van der Waals surface area contributed by atoms with Crippen LogP contribution in [-0.2, 0) is 6.61 Å². The third-order valence-corrected chi connectivity index (χ3v) is 3.10. The van der Waals surface area contributed by atoms with Crippen molar-refractivity contribution in [2.24, 2.45) is 0 Å². The Hall–Kier alpha value is -1.45. The second-order valence-electron chi connectivity index (χ2n) is 3.86. The van der Waals surface area contributed by atoms with Crippen LogP contribution < -0.4 is 10.5 Å². The fourth-order valence-corrected chi connectivity index (χ4v) is 1.83. The number of aromatic nitrogens is 1. The summed E-state index contributed by atoms with van der Waals surface area (Å²) in [5.74, 6) is 0.507. The summed E-state index contributed by atoms with van der Waals surface area (Å²) in [6.07, 6.45) is 0. The maximum Gasteiger partial charge on any atom is 0.144 e. The van der Waals surface area contributed by atoms with Crippen molar-refractivity contribution >= 4 is 28.9 Å². The highest BCUT2D eigenvalue weighted by Gasteiger charge is 2.06. The van der Waals surface area contributed by atoms with Crippen LogP contribution in [0.1, 0.15) is 11.4 Å². The van der Waals surface area contributed by atoms with Gasteiger partial charge in [0.15, 0.2) is 0 Å². The van der Waals surface area contributed by atoms with Gasteiger partial charge in [-0.2, -0.15) is 0 Å². The van der Waals surface area contributed by atoms with Crippen LogP contribution in [0.4, 0.5) is 5.69 Å². The number of anilines is 1. The van der Waals surface area contributed by atoms with Gasteiger partial charge in [0.2, 0.25) is 0 Å². The van der Waals surface area contributed by atoms with Crippen LogP contribution in [0.2, 0.25) is 10.0 Å². The Morgan fingerprint density at radius 3 is 2.67 bits per heavy atom. The molecule has 18 heavy (non-hydrogen) atoms. The molecular formula is C13H12Cl2N2O. The van der Waals surface area contributed by atoms with Crippen molar-refractivity contribution in [2.45, 2.75) is 13.5 Å². The van der Waals surface area contributed by atoms with Gasteiger partial charge in [-0.05, 0) is 25.1 Å². The maximum atomic E-state index is 5.91. The number of hydrogen-bond donors (Lipinski definition) is 1. The van der Waals surface area contributed by atoms with Crippen LogP contribution in [0, 0.1) is 6.92 Å². The monoisotopic (exact) mass is 282 g/mol. The summed E-state index contributed by atoms with van der Waals surface area (Å²) < 4.78 is 5.58. The van der Waals surface area contributed by atoms with Crippen molar-refractivity contribution in [3.63, 3.8) is 0 Å². The maximum absolute atomic E-state index is 5.91. The zero-order valence-electron chi connectivity index (χ0n) is 9.78. The molecule has 0 unspecified atom stereocenters. The predicted octanol–water partition coefficient (Wildman–Crippen LogP) is 3.86. The van der Waals surface area contributed by atoms with Crippen molar-refractivity contribution in [3.05, 3.63) is 51.8 Å². The summed E-state index contributed by atoms with van der Waals surface area (Å²) in [5.41, 5.74) is 8.03. The Balaban J connectivity index is 2.13. The molecule has 1 aromatic heterocycles. The summed E-state index contributed by atoms with van der Waals surface area (Å²) in [4.78, 5) is 4.33. The minimum absolute atomic E-state index is 0.337. The number of rotatable bonds is 3. The lowest BCUT2D eigenvalue weighted by Crippen LogP contribution is -2.01. The van der Waals surface area contributed by atoms with Crippen LogP contribution in [-0.4, -0.2) is 4.98 Å². The van der Waals surface area contributed by atoms with Crippen LogP contribution >= 0.6 is 23.2 Å². The summed E-state index contributed by atoms with van der Waals surface area (Å²) >= 11 is 11.8. The molecule has 0 aliphatic heterocycles. The quantitative estimate of drug-likeness (QED) is 0.870. The van der Waals surface area contributed by atoms with Crippen molar-refractivity contribution in [1.82, 2.24) is 4.98 Å². The van der Waals surface area contributed by atoms with Gasteiger partial charge in [0.05, 0.1) is 21.4 Å². The lowest BCUT2D eigenvalue weighted by molar-refractivity contribution is 0.303. The van der Waals surface area contributed by atoms with E-state index in [1.807, 2.05) is 25.1 Å². The summed E-state index contributed by atoms with van der Waals surface area (Å²) in [6, 6.07) is 8.93. The van der Waals surface area contributed by atoms with Gasteiger partial charge in [-0.25, -0.2) is 0 Å².